The van der Waals surface area contributed by atoms with Crippen molar-refractivity contribution in [2.75, 3.05) is 5.75 Å². The number of aliphatic hydroxyl groups is 1. The Kier molecular flexibility index (Phi) is 5.57. The van der Waals surface area contributed by atoms with Crippen molar-refractivity contribution in [3.8, 4) is 0 Å². The Morgan fingerprint density at radius 1 is 1.05 bits per heavy atom. The molecule has 2 rings (SSSR count). The predicted octanol–water partition coefficient (Wildman–Crippen LogP) is 4.42. The van der Waals surface area contributed by atoms with E-state index in [4.69, 9.17) is 0 Å². The Balaban J connectivity index is 1.87. The fourth-order valence-corrected chi connectivity index (χ4v) is 2.82. The molecule has 0 radical (unpaired) electrons. The largest absolute Gasteiger partial charge is 0.392 e. The highest BCUT2D eigenvalue weighted by Crippen LogP contribution is 2.22. The zero-order chi connectivity index (χ0) is 14.5. The molecule has 0 aliphatic carbocycles. The predicted molar refractivity (Wildman–Crippen MR) is 80.9 cm³/mol. The number of aliphatic hydroxyl groups excluding tert-OH is 1. The van der Waals surface area contributed by atoms with Gasteiger partial charge in [-0.25, -0.2) is 8.78 Å². The minimum absolute atomic E-state index is 0.306. The molecule has 2 aromatic rings. The van der Waals surface area contributed by atoms with Gasteiger partial charge in [0.15, 0.2) is 11.6 Å². The van der Waals surface area contributed by atoms with E-state index in [0.717, 1.165) is 21.5 Å². The Morgan fingerprint density at radius 2 is 1.75 bits per heavy atom. The number of thioether (sulfide) groups is 1. The third-order valence-corrected chi connectivity index (χ3v) is 4.40. The van der Waals surface area contributed by atoms with Crippen LogP contribution in [-0.2, 0) is 6.42 Å². The van der Waals surface area contributed by atoms with Gasteiger partial charge in [-0.15, -0.1) is 11.8 Å². The van der Waals surface area contributed by atoms with Gasteiger partial charge in [0.2, 0.25) is 0 Å². The third-order valence-electron chi connectivity index (χ3n) is 2.71. The summed E-state index contributed by atoms with van der Waals surface area (Å²) in [5.41, 5.74) is 0.591. The minimum Gasteiger partial charge on any atom is -0.392 e. The normalized spacial score (nSPS) is 12.4. The molecule has 2 aromatic carbocycles. The van der Waals surface area contributed by atoms with E-state index in [2.05, 4.69) is 15.9 Å². The number of rotatable bonds is 5. The van der Waals surface area contributed by atoms with Gasteiger partial charge in [-0.05, 0) is 48.4 Å². The molecule has 0 saturated heterocycles. The molecule has 0 fully saturated rings. The van der Waals surface area contributed by atoms with Crippen molar-refractivity contribution < 1.29 is 13.9 Å². The molecular formula is C15H13BrF2OS. The SMILES string of the molecule is OC(CSc1ccc(Br)cc1)Cc1ccc(F)c(F)c1. The van der Waals surface area contributed by atoms with Crippen LogP contribution < -0.4 is 0 Å². The highest BCUT2D eigenvalue weighted by molar-refractivity contribution is 9.10. The highest BCUT2D eigenvalue weighted by atomic mass is 79.9. The van der Waals surface area contributed by atoms with E-state index >= 15 is 0 Å². The lowest BCUT2D eigenvalue weighted by atomic mass is 10.1. The summed E-state index contributed by atoms with van der Waals surface area (Å²) in [5.74, 6) is -1.25. The Hall–Kier alpha value is -0.910. The first kappa shape index (κ1) is 15.5. The maximum atomic E-state index is 13.1. The van der Waals surface area contributed by atoms with Crippen LogP contribution in [0.25, 0.3) is 0 Å². The Morgan fingerprint density at radius 3 is 2.40 bits per heavy atom. The van der Waals surface area contributed by atoms with Crippen LogP contribution in [0, 0.1) is 11.6 Å². The van der Waals surface area contributed by atoms with Crippen LogP contribution in [0.15, 0.2) is 51.8 Å². The van der Waals surface area contributed by atoms with E-state index in [1.54, 1.807) is 0 Å². The summed E-state index contributed by atoms with van der Waals surface area (Å²) < 4.78 is 26.8. The van der Waals surface area contributed by atoms with Gasteiger partial charge in [-0.2, -0.15) is 0 Å². The molecule has 0 saturated carbocycles. The zero-order valence-electron chi connectivity index (χ0n) is 10.5. The Bertz CT molecular complexity index is 575. The quantitative estimate of drug-likeness (QED) is 0.798. The van der Waals surface area contributed by atoms with E-state index in [1.807, 2.05) is 24.3 Å². The fourth-order valence-electron chi connectivity index (χ4n) is 1.72. The molecule has 1 N–H and O–H groups in total. The van der Waals surface area contributed by atoms with Gasteiger partial charge in [-0.3, -0.25) is 0 Å². The van der Waals surface area contributed by atoms with E-state index < -0.39 is 17.7 Å². The Labute approximate surface area is 129 Å². The van der Waals surface area contributed by atoms with Gasteiger partial charge in [0.05, 0.1) is 6.10 Å². The first-order valence-corrected chi connectivity index (χ1v) is 7.83. The number of hydrogen-bond donors (Lipinski definition) is 1. The van der Waals surface area contributed by atoms with Crippen LogP contribution in [0.3, 0.4) is 0 Å². The summed E-state index contributed by atoms with van der Waals surface area (Å²) in [6, 6.07) is 11.5. The summed E-state index contributed by atoms with van der Waals surface area (Å²) in [4.78, 5) is 1.05. The van der Waals surface area contributed by atoms with E-state index in [0.29, 0.717) is 17.7 Å². The van der Waals surface area contributed by atoms with Gasteiger partial charge in [0, 0.05) is 15.1 Å². The lowest BCUT2D eigenvalue weighted by molar-refractivity contribution is 0.200. The first-order chi connectivity index (χ1) is 9.54. The van der Waals surface area contributed by atoms with Crippen LogP contribution in [-0.4, -0.2) is 17.0 Å². The van der Waals surface area contributed by atoms with Crippen LogP contribution in [0.2, 0.25) is 0 Å². The van der Waals surface area contributed by atoms with Gasteiger partial charge in [-0.1, -0.05) is 22.0 Å². The molecule has 0 aromatic heterocycles. The summed E-state index contributed by atoms with van der Waals surface area (Å²) in [6.07, 6.45) is -0.297. The standard InChI is InChI=1S/C15H13BrF2OS/c16-11-2-4-13(5-3-11)20-9-12(19)7-10-1-6-14(17)15(18)8-10/h1-6,8,12,19H,7,9H2. The van der Waals surface area contributed by atoms with Crippen LogP contribution in [0.5, 0.6) is 0 Å². The van der Waals surface area contributed by atoms with Crippen molar-refractivity contribution in [2.45, 2.75) is 17.4 Å². The average Bonchev–Trinajstić information content (AvgIpc) is 2.42. The number of benzene rings is 2. The van der Waals surface area contributed by atoms with Crippen molar-refractivity contribution in [2.24, 2.45) is 0 Å². The fraction of sp³-hybridized carbons (Fsp3) is 0.200. The number of halogens is 3. The lowest BCUT2D eigenvalue weighted by Gasteiger charge is -2.10. The molecule has 1 nitrogen and oxygen atoms in total. The third kappa shape index (κ3) is 4.58. The van der Waals surface area contributed by atoms with Crippen LogP contribution in [0.4, 0.5) is 8.78 Å². The molecule has 0 aliphatic rings. The van der Waals surface area contributed by atoms with Crippen LogP contribution in [0.1, 0.15) is 5.56 Å². The van der Waals surface area contributed by atoms with Crippen molar-refractivity contribution in [1.82, 2.24) is 0 Å². The topological polar surface area (TPSA) is 20.2 Å². The number of hydrogen-bond acceptors (Lipinski definition) is 2. The first-order valence-electron chi connectivity index (χ1n) is 6.05. The van der Waals surface area contributed by atoms with Crippen molar-refractivity contribution in [3.05, 3.63) is 64.1 Å². The molecule has 20 heavy (non-hydrogen) atoms. The molecule has 0 bridgehead atoms. The van der Waals surface area contributed by atoms with Crippen molar-refractivity contribution >= 4 is 27.7 Å². The molecule has 1 atom stereocenters. The second-order valence-electron chi connectivity index (χ2n) is 4.37. The summed E-state index contributed by atoms with van der Waals surface area (Å²) in [5, 5.41) is 9.93. The monoisotopic (exact) mass is 358 g/mol. The maximum Gasteiger partial charge on any atom is 0.159 e. The molecule has 1 unspecified atom stereocenters. The molecule has 0 heterocycles. The van der Waals surface area contributed by atoms with E-state index in [9.17, 15) is 13.9 Å². The van der Waals surface area contributed by atoms with E-state index in [-0.39, 0.29) is 0 Å². The van der Waals surface area contributed by atoms with Crippen molar-refractivity contribution in [1.29, 1.82) is 0 Å². The van der Waals surface area contributed by atoms with Gasteiger partial charge < -0.3 is 5.11 Å². The summed E-state index contributed by atoms with van der Waals surface area (Å²) in [6.45, 7) is 0. The zero-order valence-corrected chi connectivity index (χ0v) is 12.9. The molecule has 0 spiro atoms. The van der Waals surface area contributed by atoms with Gasteiger partial charge in [0.1, 0.15) is 0 Å². The molecule has 5 heteroatoms. The molecule has 106 valence electrons. The highest BCUT2D eigenvalue weighted by Gasteiger charge is 2.09. The molecule has 0 aliphatic heterocycles. The molecule has 0 amide bonds. The maximum absolute atomic E-state index is 13.1. The molecular weight excluding hydrogens is 346 g/mol. The average molecular weight is 359 g/mol. The summed E-state index contributed by atoms with van der Waals surface area (Å²) >= 11 is 4.88. The second-order valence-corrected chi connectivity index (χ2v) is 6.38. The van der Waals surface area contributed by atoms with Gasteiger partial charge >= 0.3 is 0 Å². The minimum atomic E-state index is -0.879. The van der Waals surface area contributed by atoms with Gasteiger partial charge in [0.25, 0.3) is 0 Å². The van der Waals surface area contributed by atoms with Crippen LogP contribution >= 0.6 is 27.7 Å². The van der Waals surface area contributed by atoms with Crippen molar-refractivity contribution in [3.63, 3.8) is 0 Å². The van der Waals surface area contributed by atoms with E-state index in [1.165, 1.54) is 17.8 Å². The second kappa shape index (κ2) is 7.20. The lowest BCUT2D eigenvalue weighted by Crippen LogP contribution is -2.13. The smallest absolute Gasteiger partial charge is 0.159 e. The summed E-state index contributed by atoms with van der Waals surface area (Å²) in [7, 11) is 0.